The molecule has 0 unspecified atom stereocenters. The van der Waals surface area contributed by atoms with Crippen molar-refractivity contribution in [2.75, 3.05) is 0 Å². The van der Waals surface area contributed by atoms with Crippen molar-refractivity contribution >= 4 is 6.08 Å². The molecule has 0 heterocycles. The number of nitrogens with zero attached hydrogens (tertiary/aromatic N) is 1. The second-order valence-electron chi connectivity index (χ2n) is 2.61. The van der Waals surface area contributed by atoms with Crippen LogP contribution in [0.5, 0.6) is 0 Å². The quantitative estimate of drug-likeness (QED) is 0.510. The number of hydrogen-bond donors (Lipinski definition) is 0. The van der Waals surface area contributed by atoms with Gasteiger partial charge in [0.2, 0.25) is 6.08 Å². The molecule has 0 aliphatic heterocycles. The molecule has 0 fully saturated rings. The number of rotatable bonds is 2. The van der Waals surface area contributed by atoms with E-state index in [1.54, 1.807) is 6.92 Å². The highest BCUT2D eigenvalue weighted by Gasteiger charge is 2.08. The van der Waals surface area contributed by atoms with Crippen LogP contribution in [0.4, 0.5) is 8.78 Å². The fourth-order valence-electron chi connectivity index (χ4n) is 0.992. The van der Waals surface area contributed by atoms with Gasteiger partial charge in [0.05, 0.1) is 6.54 Å². The summed E-state index contributed by atoms with van der Waals surface area (Å²) in [6.07, 6.45) is 1.23. The molecule has 0 saturated heterocycles. The van der Waals surface area contributed by atoms with Crippen LogP contribution in [0, 0.1) is 18.6 Å². The Hall–Kier alpha value is -1.54. The van der Waals surface area contributed by atoms with E-state index >= 15 is 0 Å². The third-order valence-corrected chi connectivity index (χ3v) is 1.59. The minimum atomic E-state index is -0.684. The van der Waals surface area contributed by atoms with E-state index in [2.05, 4.69) is 4.99 Å². The highest BCUT2D eigenvalue weighted by molar-refractivity contribution is 5.34. The molecule has 1 aromatic carbocycles. The molecule has 68 valence electrons. The van der Waals surface area contributed by atoms with E-state index in [1.165, 1.54) is 18.2 Å². The van der Waals surface area contributed by atoms with Gasteiger partial charge in [-0.15, -0.1) is 0 Å². The maximum absolute atomic E-state index is 13.0. The molecule has 13 heavy (non-hydrogen) atoms. The number of isocyanates is 1. The minimum Gasteiger partial charge on any atom is -0.211 e. The maximum atomic E-state index is 13.0. The molecular formula is C9H7F2NO. The molecule has 0 amide bonds. The van der Waals surface area contributed by atoms with Gasteiger partial charge in [-0.05, 0) is 24.6 Å². The number of carbonyl (C=O) groups excluding carboxylic acids is 1. The van der Waals surface area contributed by atoms with Gasteiger partial charge in [0.15, 0.2) is 0 Å². The average Bonchev–Trinajstić information content (AvgIpc) is 2.02. The largest absolute Gasteiger partial charge is 0.235 e. The first-order valence-corrected chi connectivity index (χ1v) is 3.63. The first kappa shape index (κ1) is 9.55. The minimum absolute atomic E-state index is 0.200. The van der Waals surface area contributed by atoms with E-state index in [0.29, 0.717) is 5.56 Å². The number of aliphatic imine (C=N–C) groups is 1. The summed E-state index contributed by atoms with van der Waals surface area (Å²) in [7, 11) is 0. The predicted molar refractivity (Wildman–Crippen MR) is 42.9 cm³/mol. The predicted octanol–water partition coefficient (Wildman–Crippen LogP) is 2.11. The zero-order valence-electron chi connectivity index (χ0n) is 6.97. The Morgan fingerprint density at radius 1 is 1.38 bits per heavy atom. The lowest BCUT2D eigenvalue weighted by Crippen LogP contribution is -1.95. The van der Waals surface area contributed by atoms with E-state index < -0.39 is 11.6 Å². The summed E-state index contributed by atoms with van der Waals surface area (Å²) in [4.78, 5) is 12.8. The first-order chi connectivity index (χ1) is 6.15. The molecular weight excluding hydrogens is 176 g/mol. The lowest BCUT2D eigenvalue weighted by atomic mass is 10.1. The molecule has 2 nitrogen and oxygen atoms in total. The standard InChI is InChI=1S/C9H7F2NO/c1-6-2-8(10)7(4-12-5-13)9(11)3-6/h2-3H,4H2,1H3. The Labute approximate surface area is 73.9 Å². The highest BCUT2D eigenvalue weighted by atomic mass is 19.1. The van der Waals surface area contributed by atoms with E-state index in [-0.39, 0.29) is 12.1 Å². The topological polar surface area (TPSA) is 29.4 Å². The van der Waals surface area contributed by atoms with Gasteiger partial charge < -0.3 is 0 Å². The van der Waals surface area contributed by atoms with Crippen molar-refractivity contribution in [2.45, 2.75) is 13.5 Å². The smallest absolute Gasteiger partial charge is 0.211 e. The second kappa shape index (κ2) is 3.92. The van der Waals surface area contributed by atoms with E-state index in [1.807, 2.05) is 0 Å². The number of aryl methyl sites for hydroxylation is 1. The molecule has 0 spiro atoms. The van der Waals surface area contributed by atoms with Crippen molar-refractivity contribution in [2.24, 2.45) is 4.99 Å². The van der Waals surface area contributed by atoms with Gasteiger partial charge in [-0.3, -0.25) is 0 Å². The van der Waals surface area contributed by atoms with Crippen molar-refractivity contribution in [3.63, 3.8) is 0 Å². The summed E-state index contributed by atoms with van der Waals surface area (Å²) in [5.41, 5.74) is 0.294. The summed E-state index contributed by atoms with van der Waals surface area (Å²) in [5, 5.41) is 0. The van der Waals surface area contributed by atoms with Crippen LogP contribution >= 0.6 is 0 Å². The summed E-state index contributed by atoms with van der Waals surface area (Å²) in [6, 6.07) is 2.39. The van der Waals surface area contributed by atoms with Gasteiger partial charge >= 0.3 is 0 Å². The SMILES string of the molecule is Cc1cc(F)c(CN=C=O)c(F)c1. The molecule has 0 bridgehead atoms. The van der Waals surface area contributed by atoms with Crippen LogP contribution in [0.3, 0.4) is 0 Å². The van der Waals surface area contributed by atoms with E-state index in [9.17, 15) is 13.6 Å². The summed E-state index contributed by atoms with van der Waals surface area (Å²) in [6.45, 7) is 1.28. The van der Waals surface area contributed by atoms with Crippen molar-refractivity contribution in [3.05, 3.63) is 34.9 Å². The maximum Gasteiger partial charge on any atom is 0.235 e. The van der Waals surface area contributed by atoms with Gasteiger partial charge in [0.1, 0.15) is 11.6 Å². The van der Waals surface area contributed by atoms with Crippen molar-refractivity contribution in [3.8, 4) is 0 Å². The number of benzene rings is 1. The van der Waals surface area contributed by atoms with Gasteiger partial charge in [0, 0.05) is 5.56 Å². The fraction of sp³-hybridized carbons (Fsp3) is 0.222. The zero-order valence-corrected chi connectivity index (χ0v) is 6.97. The Kier molecular flexibility index (Phi) is 2.88. The Morgan fingerprint density at radius 2 is 1.92 bits per heavy atom. The Morgan fingerprint density at radius 3 is 2.38 bits per heavy atom. The average molecular weight is 183 g/mol. The van der Waals surface area contributed by atoms with E-state index in [4.69, 9.17) is 0 Å². The molecule has 0 aliphatic rings. The number of halogens is 2. The second-order valence-corrected chi connectivity index (χ2v) is 2.61. The monoisotopic (exact) mass is 183 g/mol. The van der Waals surface area contributed by atoms with E-state index in [0.717, 1.165) is 0 Å². The lowest BCUT2D eigenvalue weighted by Gasteiger charge is -2.01. The van der Waals surface area contributed by atoms with Crippen LogP contribution in [0.25, 0.3) is 0 Å². The normalized spacial score (nSPS) is 9.46. The van der Waals surface area contributed by atoms with Crippen LogP contribution in [0.2, 0.25) is 0 Å². The van der Waals surface area contributed by atoms with Crippen molar-refractivity contribution in [1.82, 2.24) is 0 Å². The van der Waals surface area contributed by atoms with Gasteiger partial charge in [-0.2, -0.15) is 0 Å². The molecule has 0 radical (unpaired) electrons. The van der Waals surface area contributed by atoms with Crippen LogP contribution in [0.1, 0.15) is 11.1 Å². The third-order valence-electron chi connectivity index (χ3n) is 1.59. The van der Waals surface area contributed by atoms with Crippen LogP contribution in [-0.4, -0.2) is 6.08 Å². The molecule has 1 rings (SSSR count). The van der Waals surface area contributed by atoms with Gasteiger partial charge in [-0.25, -0.2) is 18.6 Å². The fourth-order valence-corrected chi connectivity index (χ4v) is 0.992. The van der Waals surface area contributed by atoms with Crippen LogP contribution in [0.15, 0.2) is 17.1 Å². The molecule has 4 heteroatoms. The molecule has 0 aromatic heterocycles. The third kappa shape index (κ3) is 2.20. The van der Waals surface area contributed by atoms with Gasteiger partial charge in [-0.1, -0.05) is 0 Å². The zero-order chi connectivity index (χ0) is 9.84. The highest BCUT2D eigenvalue weighted by Crippen LogP contribution is 2.15. The summed E-state index contributed by atoms with van der Waals surface area (Å²) < 4.78 is 26.0. The molecule has 0 atom stereocenters. The Balaban J connectivity index is 3.12. The summed E-state index contributed by atoms with van der Waals surface area (Å²) >= 11 is 0. The van der Waals surface area contributed by atoms with Crippen LogP contribution in [-0.2, 0) is 11.3 Å². The van der Waals surface area contributed by atoms with Crippen LogP contribution < -0.4 is 0 Å². The van der Waals surface area contributed by atoms with Gasteiger partial charge in [0.25, 0.3) is 0 Å². The summed E-state index contributed by atoms with van der Waals surface area (Å²) in [5.74, 6) is -1.37. The Bertz CT molecular complexity index is 347. The number of hydrogen-bond acceptors (Lipinski definition) is 2. The molecule has 0 N–H and O–H groups in total. The molecule has 1 aromatic rings. The molecule has 0 aliphatic carbocycles. The molecule has 0 saturated carbocycles. The lowest BCUT2D eigenvalue weighted by molar-refractivity contribution is 0.549. The first-order valence-electron chi connectivity index (χ1n) is 3.63. The van der Waals surface area contributed by atoms with Crippen molar-refractivity contribution < 1.29 is 13.6 Å². The van der Waals surface area contributed by atoms with Crippen molar-refractivity contribution in [1.29, 1.82) is 0 Å².